The lowest BCUT2D eigenvalue weighted by Crippen LogP contribution is -2.32. The molecule has 9 nitrogen and oxygen atoms in total. The lowest BCUT2D eigenvalue weighted by atomic mass is 10.00. The maximum atomic E-state index is 12.7. The largest absolute Gasteiger partial charge is 0.493 e. The molecule has 0 radical (unpaired) electrons. The van der Waals surface area contributed by atoms with Gasteiger partial charge in [0.2, 0.25) is 11.7 Å². The summed E-state index contributed by atoms with van der Waals surface area (Å²) in [5.74, 6) is 2.20. The van der Waals surface area contributed by atoms with Gasteiger partial charge in [-0.2, -0.15) is 4.98 Å². The lowest BCUT2D eigenvalue weighted by Gasteiger charge is -2.29. The number of carbonyl (C=O) groups excluding carboxylic acids is 1. The van der Waals surface area contributed by atoms with E-state index in [1.807, 2.05) is 0 Å². The average molecular weight is 490 g/mol. The van der Waals surface area contributed by atoms with Gasteiger partial charge in [0.05, 0.1) is 27.1 Å². The third-order valence-corrected chi connectivity index (χ3v) is 7.72. The molecular formula is C22H27N5O4S2. The van der Waals surface area contributed by atoms with E-state index in [2.05, 4.69) is 27.1 Å². The number of piperidine rings is 1. The summed E-state index contributed by atoms with van der Waals surface area (Å²) in [5, 5.41) is 4.61. The monoisotopic (exact) mass is 489 g/mol. The molecule has 0 spiro atoms. The molecule has 0 aliphatic carbocycles. The fraction of sp³-hybridized carbons (Fsp3) is 0.455. The maximum absolute atomic E-state index is 12.7. The smallest absolute Gasteiger partial charge is 0.234 e. The lowest BCUT2D eigenvalue weighted by molar-refractivity contribution is -0.113. The van der Waals surface area contributed by atoms with E-state index in [0.29, 0.717) is 28.6 Å². The molecule has 0 saturated carbocycles. The van der Waals surface area contributed by atoms with Crippen molar-refractivity contribution in [3.63, 3.8) is 0 Å². The Balaban J connectivity index is 1.45. The Bertz CT molecular complexity index is 1110. The van der Waals surface area contributed by atoms with E-state index < -0.39 is 0 Å². The number of rotatable bonds is 8. The molecule has 1 fully saturated rings. The van der Waals surface area contributed by atoms with E-state index in [9.17, 15) is 4.79 Å². The second-order valence-electron chi connectivity index (χ2n) is 7.75. The molecule has 11 heteroatoms. The van der Waals surface area contributed by atoms with Crippen LogP contribution in [-0.2, 0) is 4.79 Å². The summed E-state index contributed by atoms with van der Waals surface area (Å²) in [6, 6.07) is 3.39. The number of amides is 1. The first kappa shape index (κ1) is 23.4. The number of carbonyl (C=O) groups is 1. The Hall–Kier alpha value is -2.79. The highest BCUT2D eigenvalue weighted by molar-refractivity contribution is 8.00. The number of thioether (sulfide) groups is 1. The standard InChI is InChI=1S/C22H27N5O4S2/c1-13-5-7-27(8-6-13)22-26-20-19(33-22)21(24-12-23-20)32-11-17(28)25-14-9-15(29-2)18(31-4)16(10-14)30-3/h9-10,12-13H,5-8,11H2,1-4H3,(H,25,28). The fourth-order valence-corrected chi connectivity index (χ4v) is 5.59. The van der Waals surface area contributed by atoms with E-state index in [0.717, 1.165) is 33.9 Å². The first-order chi connectivity index (χ1) is 16.0. The summed E-state index contributed by atoms with van der Waals surface area (Å²) in [6.07, 6.45) is 3.85. The molecule has 3 heterocycles. The molecule has 4 rings (SSSR count). The molecule has 3 aromatic rings. The molecule has 33 heavy (non-hydrogen) atoms. The Morgan fingerprint density at radius 1 is 1.15 bits per heavy atom. The van der Waals surface area contributed by atoms with Crippen molar-refractivity contribution in [2.75, 3.05) is 50.4 Å². The fourth-order valence-electron chi connectivity index (χ4n) is 3.64. The predicted octanol–water partition coefficient (Wildman–Crippen LogP) is 4.08. The number of hydrogen-bond acceptors (Lipinski definition) is 10. The van der Waals surface area contributed by atoms with Gasteiger partial charge in [0, 0.05) is 30.9 Å². The van der Waals surface area contributed by atoms with Crippen molar-refractivity contribution in [1.82, 2.24) is 15.0 Å². The van der Waals surface area contributed by atoms with Crippen LogP contribution in [0.3, 0.4) is 0 Å². The average Bonchev–Trinajstić information content (AvgIpc) is 3.27. The molecule has 1 aliphatic rings. The van der Waals surface area contributed by atoms with Gasteiger partial charge >= 0.3 is 0 Å². The molecular weight excluding hydrogens is 462 g/mol. The van der Waals surface area contributed by atoms with Gasteiger partial charge in [-0.05, 0) is 18.8 Å². The van der Waals surface area contributed by atoms with Crippen LogP contribution in [0.25, 0.3) is 10.3 Å². The molecule has 0 bridgehead atoms. The van der Waals surface area contributed by atoms with Gasteiger partial charge < -0.3 is 24.4 Å². The van der Waals surface area contributed by atoms with Crippen LogP contribution in [0.2, 0.25) is 0 Å². The van der Waals surface area contributed by atoms with Crippen molar-refractivity contribution in [2.45, 2.75) is 24.8 Å². The van der Waals surface area contributed by atoms with E-state index in [1.165, 1.54) is 52.3 Å². The molecule has 0 unspecified atom stereocenters. The third kappa shape index (κ3) is 5.25. The Morgan fingerprint density at radius 2 is 1.85 bits per heavy atom. The summed E-state index contributed by atoms with van der Waals surface area (Å²) in [7, 11) is 4.61. The van der Waals surface area contributed by atoms with Crippen molar-refractivity contribution in [1.29, 1.82) is 0 Å². The number of hydrogen-bond donors (Lipinski definition) is 1. The molecule has 1 N–H and O–H groups in total. The number of benzene rings is 1. The zero-order valence-electron chi connectivity index (χ0n) is 19.1. The summed E-state index contributed by atoms with van der Waals surface area (Å²) in [4.78, 5) is 28.4. The molecule has 176 valence electrons. The quantitative estimate of drug-likeness (QED) is 0.371. The molecule has 1 amide bonds. The highest BCUT2D eigenvalue weighted by Crippen LogP contribution is 2.40. The van der Waals surface area contributed by atoms with E-state index in [-0.39, 0.29) is 11.7 Å². The van der Waals surface area contributed by atoms with Gasteiger partial charge in [0.15, 0.2) is 22.3 Å². The Kier molecular flexibility index (Phi) is 7.39. The number of thiazole rings is 1. The van der Waals surface area contributed by atoms with Gasteiger partial charge in [-0.1, -0.05) is 30.0 Å². The molecule has 2 aromatic heterocycles. The number of nitrogens with one attached hydrogen (secondary N) is 1. The Labute approximate surface area is 200 Å². The first-order valence-electron chi connectivity index (χ1n) is 10.6. The first-order valence-corrected chi connectivity index (χ1v) is 12.4. The number of aromatic nitrogens is 3. The van der Waals surface area contributed by atoms with Crippen molar-refractivity contribution in [2.24, 2.45) is 5.92 Å². The van der Waals surface area contributed by atoms with Crippen molar-refractivity contribution in [3.8, 4) is 17.2 Å². The van der Waals surface area contributed by atoms with Gasteiger partial charge in [-0.3, -0.25) is 4.79 Å². The van der Waals surface area contributed by atoms with Crippen LogP contribution in [0.4, 0.5) is 10.8 Å². The zero-order chi connectivity index (χ0) is 23.4. The maximum Gasteiger partial charge on any atom is 0.234 e. The molecule has 1 saturated heterocycles. The molecule has 0 atom stereocenters. The van der Waals surface area contributed by atoms with Crippen LogP contribution in [0, 0.1) is 5.92 Å². The minimum Gasteiger partial charge on any atom is -0.493 e. The minimum atomic E-state index is -0.171. The summed E-state index contributed by atoms with van der Waals surface area (Å²) in [6.45, 7) is 4.31. The SMILES string of the molecule is COc1cc(NC(=O)CSc2ncnc3nc(N4CCC(C)CC4)sc23)cc(OC)c1OC. The van der Waals surface area contributed by atoms with Crippen molar-refractivity contribution in [3.05, 3.63) is 18.5 Å². The Morgan fingerprint density at radius 3 is 2.48 bits per heavy atom. The van der Waals surface area contributed by atoms with Gasteiger partial charge in [-0.25, -0.2) is 9.97 Å². The topological polar surface area (TPSA) is 98.7 Å². The minimum absolute atomic E-state index is 0.171. The highest BCUT2D eigenvalue weighted by atomic mass is 32.2. The predicted molar refractivity (Wildman–Crippen MR) is 131 cm³/mol. The van der Waals surface area contributed by atoms with E-state index in [1.54, 1.807) is 23.5 Å². The van der Waals surface area contributed by atoms with Gasteiger partial charge in [0.25, 0.3) is 0 Å². The van der Waals surface area contributed by atoms with Crippen molar-refractivity contribution < 1.29 is 19.0 Å². The van der Waals surface area contributed by atoms with Gasteiger partial charge in [-0.15, -0.1) is 0 Å². The summed E-state index contributed by atoms with van der Waals surface area (Å²) >= 11 is 2.96. The zero-order valence-corrected chi connectivity index (χ0v) is 20.7. The van der Waals surface area contributed by atoms with Gasteiger partial charge in [0.1, 0.15) is 16.1 Å². The molecule has 1 aliphatic heterocycles. The molecule has 1 aromatic carbocycles. The van der Waals surface area contributed by atoms with E-state index in [4.69, 9.17) is 19.2 Å². The normalized spacial score (nSPS) is 14.4. The summed E-state index contributed by atoms with van der Waals surface area (Å²) in [5.41, 5.74) is 1.23. The number of ether oxygens (including phenoxy) is 3. The number of nitrogens with zero attached hydrogens (tertiary/aromatic N) is 4. The van der Waals surface area contributed by atoms with Crippen LogP contribution in [-0.4, -0.2) is 61.0 Å². The number of fused-ring (bicyclic) bond motifs is 1. The van der Waals surface area contributed by atoms with Crippen LogP contribution in [0.1, 0.15) is 19.8 Å². The van der Waals surface area contributed by atoms with Crippen LogP contribution >= 0.6 is 23.1 Å². The van der Waals surface area contributed by atoms with Crippen LogP contribution < -0.4 is 24.4 Å². The van der Waals surface area contributed by atoms with Crippen LogP contribution in [0.15, 0.2) is 23.5 Å². The van der Waals surface area contributed by atoms with Crippen LogP contribution in [0.5, 0.6) is 17.2 Å². The third-order valence-electron chi connectivity index (χ3n) is 5.49. The second-order valence-corrected chi connectivity index (χ2v) is 9.69. The van der Waals surface area contributed by atoms with E-state index >= 15 is 0 Å². The second kappa shape index (κ2) is 10.4. The summed E-state index contributed by atoms with van der Waals surface area (Å²) < 4.78 is 16.9. The number of methoxy groups -OCH3 is 3. The highest BCUT2D eigenvalue weighted by Gasteiger charge is 2.21. The number of anilines is 2. The van der Waals surface area contributed by atoms with Crippen molar-refractivity contribution >= 4 is 50.2 Å².